The third kappa shape index (κ3) is 3.28. The minimum absolute atomic E-state index is 0.0743. The average molecular weight is 364 g/mol. The van der Waals surface area contributed by atoms with Gasteiger partial charge in [0.1, 0.15) is 6.54 Å². The van der Waals surface area contributed by atoms with Crippen molar-refractivity contribution in [2.24, 2.45) is 0 Å². The number of nitrogens with one attached hydrogen (secondary N) is 1. The lowest BCUT2D eigenvalue weighted by Gasteiger charge is -2.08. The van der Waals surface area contributed by atoms with Crippen molar-refractivity contribution in [2.75, 3.05) is 5.32 Å². The Morgan fingerprint density at radius 3 is 2.67 bits per heavy atom. The van der Waals surface area contributed by atoms with Crippen LogP contribution in [0.1, 0.15) is 0 Å². The highest BCUT2D eigenvalue weighted by molar-refractivity contribution is 9.10. The molecule has 3 aromatic rings. The van der Waals surface area contributed by atoms with Crippen LogP contribution < -0.4 is 5.32 Å². The van der Waals surface area contributed by atoms with E-state index in [4.69, 9.17) is 11.6 Å². The second-order valence-corrected chi connectivity index (χ2v) is 6.05. The molecule has 1 heterocycles. The lowest BCUT2D eigenvalue weighted by Crippen LogP contribution is -2.18. The molecule has 0 unspecified atom stereocenters. The Morgan fingerprint density at radius 2 is 1.90 bits per heavy atom. The lowest BCUT2D eigenvalue weighted by atomic mass is 10.2. The summed E-state index contributed by atoms with van der Waals surface area (Å²) in [6, 6.07) is 15.1. The van der Waals surface area contributed by atoms with Crippen molar-refractivity contribution in [3.63, 3.8) is 0 Å². The summed E-state index contributed by atoms with van der Waals surface area (Å²) < 4.78 is 2.92. The molecule has 0 saturated carbocycles. The Labute approximate surface area is 135 Å². The molecule has 0 bridgehead atoms. The highest BCUT2D eigenvalue weighted by Crippen LogP contribution is 2.21. The maximum absolute atomic E-state index is 12.1. The Morgan fingerprint density at radius 1 is 1.14 bits per heavy atom. The van der Waals surface area contributed by atoms with E-state index in [2.05, 4.69) is 21.2 Å². The van der Waals surface area contributed by atoms with Gasteiger partial charge in [-0.1, -0.05) is 33.6 Å². The van der Waals surface area contributed by atoms with Crippen molar-refractivity contribution in [3.8, 4) is 0 Å². The quantitative estimate of drug-likeness (QED) is 0.719. The maximum atomic E-state index is 12.1. The number of hydrogen-bond acceptors (Lipinski definition) is 1. The number of amides is 1. The monoisotopic (exact) mass is 362 g/mol. The Hall–Kier alpha value is -1.78. The van der Waals surface area contributed by atoms with Crippen LogP contribution in [0.3, 0.4) is 0 Å². The van der Waals surface area contributed by atoms with E-state index in [1.54, 1.807) is 24.3 Å². The lowest BCUT2D eigenvalue weighted by molar-refractivity contribution is -0.116. The van der Waals surface area contributed by atoms with Crippen LogP contribution in [0.4, 0.5) is 5.69 Å². The molecule has 0 aliphatic carbocycles. The molecule has 1 aromatic heterocycles. The summed E-state index contributed by atoms with van der Waals surface area (Å²) in [6.07, 6.45) is 1.92. The van der Waals surface area contributed by atoms with E-state index in [0.717, 1.165) is 21.1 Å². The Kier molecular flexibility index (Phi) is 3.99. The van der Waals surface area contributed by atoms with Gasteiger partial charge in [-0.15, -0.1) is 0 Å². The number of rotatable bonds is 3. The molecule has 0 atom stereocenters. The molecule has 1 N–H and O–H groups in total. The number of carbonyl (C=O) groups is 1. The largest absolute Gasteiger partial charge is 0.338 e. The molecule has 3 rings (SSSR count). The molecule has 0 saturated heterocycles. The number of fused-ring (bicyclic) bond motifs is 1. The minimum atomic E-state index is -0.0743. The number of nitrogens with zero attached hydrogens (tertiary/aromatic N) is 1. The fraction of sp³-hybridized carbons (Fsp3) is 0.0625. The number of hydrogen-bond donors (Lipinski definition) is 1. The zero-order valence-electron chi connectivity index (χ0n) is 11.0. The van der Waals surface area contributed by atoms with Gasteiger partial charge in [0, 0.05) is 26.9 Å². The zero-order valence-corrected chi connectivity index (χ0v) is 13.4. The molecular formula is C16H12BrClN2O. The summed E-state index contributed by atoms with van der Waals surface area (Å²) in [5.74, 6) is -0.0743. The van der Waals surface area contributed by atoms with E-state index in [1.165, 1.54) is 0 Å². The molecule has 21 heavy (non-hydrogen) atoms. The van der Waals surface area contributed by atoms with Gasteiger partial charge >= 0.3 is 0 Å². The van der Waals surface area contributed by atoms with Crippen molar-refractivity contribution >= 4 is 50.0 Å². The van der Waals surface area contributed by atoms with Crippen molar-refractivity contribution in [1.29, 1.82) is 0 Å². The van der Waals surface area contributed by atoms with Crippen LogP contribution in [0.2, 0.25) is 5.02 Å². The third-order valence-electron chi connectivity index (χ3n) is 3.18. The van der Waals surface area contributed by atoms with Crippen molar-refractivity contribution in [3.05, 3.63) is 64.2 Å². The van der Waals surface area contributed by atoms with Gasteiger partial charge < -0.3 is 9.88 Å². The first-order chi connectivity index (χ1) is 10.1. The molecule has 106 valence electrons. The van der Waals surface area contributed by atoms with Crippen LogP contribution in [-0.4, -0.2) is 10.5 Å². The SMILES string of the molecule is O=C(Cn1ccc2ccc(Br)cc21)Nc1ccc(Cl)cc1. The zero-order chi connectivity index (χ0) is 14.8. The molecule has 5 heteroatoms. The van der Waals surface area contributed by atoms with Crippen molar-refractivity contribution < 1.29 is 4.79 Å². The fourth-order valence-electron chi connectivity index (χ4n) is 2.18. The van der Waals surface area contributed by atoms with Crippen LogP contribution in [-0.2, 0) is 11.3 Å². The van der Waals surface area contributed by atoms with Gasteiger partial charge in [-0.05, 0) is 47.9 Å². The van der Waals surface area contributed by atoms with E-state index in [1.807, 2.05) is 35.0 Å². The Balaban J connectivity index is 1.77. The minimum Gasteiger partial charge on any atom is -0.338 e. The summed E-state index contributed by atoms with van der Waals surface area (Å²) in [7, 11) is 0. The Bertz CT molecular complexity index is 796. The summed E-state index contributed by atoms with van der Waals surface area (Å²) in [4.78, 5) is 12.1. The number of aromatic nitrogens is 1. The number of anilines is 1. The van der Waals surface area contributed by atoms with E-state index in [9.17, 15) is 4.79 Å². The van der Waals surface area contributed by atoms with Crippen molar-refractivity contribution in [1.82, 2.24) is 4.57 Å². The summed E-state index contributed by atoms with van der Waals surface area (Å²) in [6.45, 7) is 0.266. The van der Waals surface area contributed by atoms with Crippen molar-refractivity contribution in [2.45, 2.75) is 6.54 Å². The van der Waals surface area contributed by atoms with Gasteiger partial charge in [-0.2, -0.15) is 0 Å². The highest BCUT2D eigenvalue weighted by Gasteiger charge is 2.07. The molecule has 2 aromatic carbocycles. The normalized spacial score (nSPS) is 10.8. The van der Waals surface area contributed by atoms with Crippen LogP contribution in [0.15, 0.2) is 59.2 Å². The fourth-order valence-corrected chi connectivity index (χ4v) is 2.66. The van der Waals surface area contributed by atoms with Gasteiger partial charge in [-0.25, -0.2) is 0 Å². The van der Waals surface area contributed by atoms with Crippen LogP contribution in [0.25, 0.3) is 10.9 Å². The van der Waals surface area contributed by atoms with E-state index in [-0.39, 0.29) is 12.5 Å². The highest BCUT2D eigenvalue weighted by atomic mass is 79.9. The summed E-state index contributed by atoms with van der Waals surface area (Å²) in [5, 5.41) is 4.61. The van der Waals surface area contributed by atoms with Gasteiger partial charge in [0.15, 0.2) is 0 Å². The smallest absolute Gasteiger partial charge is 0.244 e. The molecule has 1 amide bonds. The second-order valence-electron chi connectivity index (χ2n) is 4.70. The first-order valence-electron chi connectivity index (χ1n) is 6.42. The van der Waals surface area contributed by atoms with Gasteiger partial charge in [0.05, 0.1) is 0 Å². The summed E-state index contributed by atoms with van der Waals surface area (Å²) in [5.41, 5.74) is 1.76. The van der Waals surface area contributed by atoms with E-state index >= 15 is 0 Å². The van der Waals surface area contributed by atoms with E-state index < -0.39 is 0 Å². The maximum Gasteiger partial charge on any atom is 0.244 e. The molecule has 0 spiro atoms. The van der Waals surface area contributed by atoms with E-state index in [0.29, 0.717) is 5.02 Å². The standard InChI is InChI=1S/C16H12BrClN2O/c17-12-2-1-11-7-8-20(15(11)9-12)10-16(21)19-14-5-3-13(18)4-6-14/h1-9H,10H2,(H,19,21). The summed E-state index contributed by atoms with van der Waals surface area (Å²) >= 11 is 9.27. The van der Waals surface area contributed by atoms with Crippen LogP contribution >= 0.6 is 27.5 Å². The van der Waals surface area contributed by atoms with Crippen LogP contribution in [0, 0.1) is 0 Å². The molecule has 0 aliphatic heterocycles. The van der Waals surface area contributed by atoms with Gasteiger partial charge in [0.25, 0.3) is 0 Å². The molecular weight excluding hydrogens is 352 g/mol. The molecule has 0 fully saturated rings. The first kappa shape index (κ1) is 14.2. The predicted molar refractivity (Wildman–Crippen MR) is 89.7 cm³/mol. The average Bonchev–Trinajstić information content (AvgIpc) is 2.84. The topological polar surface area (TPSA) is 34.0 Å². The number of carbonyl (C=O) groups excluding carboxylic acids is 1. The molecule has 3 nitrogen and oxygen atoms in total. The van der Waals surface area contributed by atoms with Gasteiger partial charge in [0.2, 0.25) is 5.91 Å². The first-order valence-corrected chi connectivity index (χ1v) is 7.59. The number of benzene rings is 2. The predicted octanol–water partition coefficient (Wildman–Crippen LogP) is 4.70. The number of halogens is 2. The molecule has 0 aliphatic rings. The molecule has 0 radical (unpaired) electrons. The second kappa shape index (κ2) is 5.92. The van der Waals surface area contributed by atoms with Gasteiger partial charge in [-0.3, -0.25) is 4.79 Å². The third-order valence-corrected chi connectivity index (χ3v) is 3.92. The van der Waals surface area contributed by atoms with Crippen LogP contribution in [0.5, 0.6) is 0 Å².